The molecule has 2 aromatic rings. The summed E-state index contributed by atoms with van der Waals surface area (Å²) in [6.07, 6.45) is 2.23. The van der Waals surface area contributed by atoms with E-state index in [1.54, 1.807) is 6.07 Å². The molecule has 1 heterocycles. The first kappa shape index (κ1) is 14.5. The third-order valence-corrected chi connectivity index (χ3v) is 2.99. The van der Waals surface area contributed by atoms with Gasteiger partial charge in [-0.15, -0.1) is 0 Å². The van der Waals surface area contributed by atoms with Crippen LogP contribution in [0.3, 0.4) is 0 Å². The molecule has 0 aliphatic heterocycles. The van der Waals surface area contributed by atoms with Crippen LogP contribution in [-0.2, 0) is 6.42 Å². The SMILES string of the molecule is CCNc1ncnc(Nc2cc(F)cc(Cl)c2)c1CC. The van der Waals surface area contributed by atoms with Gasteiger partial charge in [0.15, 0.2) is 0 Å². The molecule has 2 rings (SSSR count). The largest absolute Gasteiger partial charge is 0.370 e. The van der Waals surface area contributed by atoms with Gasteiger partial charge in [0, 0.05) is 22.8 Å². The highest BCUT2D eigenvalue weighted by molar-refractivity contribution is 6.30. The number of rotatable bonds is 5. The van der Waals surface area contributed by atoms with E-state index in [2.05, 4.69) is 20.6 Å². The normalized spacial score (nSPS) is 10.4. The molecule has 0 aliphatic rings. The lowest BCUT2D eigenvalue weighted by Crippen LogP contribution is -2.07. The Balaban J connectivity index is 2.35. The van der Waals surface area contributed by atoms with Crippen molar-refractivity contribution >= 4 is 28.9 Å². The summed E-state index contributed by atoms with van der Waals surface area (Å²) in [5.74, 6) is 1.05. The van der Waals surface area contributed by atoms with E-state index >= 15 is 0 Å². The van der Waals surface area contributed by atoms with Gasteiger partial charge in [0.2, 0.25) is 0 Å². The van der Waals surface area contributed by atoms with E-state index in [1.165, 1.54) is 18.5 Å². The summed E-state index contributed by atoms with van der Waals surface area (Å²) in [4.78, 5) is 8.43. The first-order valence-corrected chi connectivity index (χ1v) is 6.82. The predicted molar refractivity (Wildman–Crippen MR) is 80.3 cm³/mol. The van der Waals surface area contributed by atoms with Crippen molar-refractivity contribution in [3.8, 4) is 0 Å². The zero-order valence-corrected chi connectivity index (χ0v) is 12.1. The molecule has 0 atom stereocenters. The van der Waals surface area contributed by atoms with Gasteiger partial charge >= 0.3 is 0 Å². The minimum absolute atomic E-state index is 0.339. The third kappa shape index (κ3) is 3.36. The molecule has 0 spiro atoms. The average Bonchev–Trinajstić information content (AvgIpc) is 2.38. The highest BCUT2D eigenvalue weighted by Crippen LogP contribution is 2.26. The molecule has 1 aromatic carbocycles. The van der Waals surface area contributed by atoms with Gasteiger partial charge in [0.25, 0.3) is 0 Å². The van der Waals surface area contributed by atoms with E-state index in [4.69, 9.17) is 11.6 Å². The summed E-state index contributed by atoms with van der Waals surface area (Å²) >= 11 is 5.85. The van der Waals surface area contributed by atoms with Crippen molar-refractivity contribution in [3.05, 3.63) is 40.9 Å². The Morgan fingerprint density at radius 3 is 2.55 bits per heavy atom. The van der Waals surface area contributed by atoms with Crippen LogP contribution in [0.25, 0.3) is 0 Å². The Hall–Kier alpha value is -1.88. The topological polar surface area (TPSA) is 49.8 Å². The minimum atomic E-state index is -0.390. The fourth-order valence-corrected chi connectivity index (χ4v) is 2.16. The Kier molecular flexibility index (Phi) is 4.74. The molecular weight excluding hydrogens is 279 g/mol. The van der Waals surface area contributed by atoms with Crippen LogP contribution in [0, 0.1) is 5.82 Å². The predicted octanol–water partition coefficient (Wildman–Crippen LogP) is 4.01. The molecule has 2 N–H and O–H groups in total. The number of nitrogens with zero attached hydrogens (tertiary/aromatic N) is 2. The number of anilines is 3. The van der Waals surface area contributed by atoms with Crippen molar-refractivity contribution < 1.29 is 4.39 Å². The van der Waals surface area contributed by atoms with Crippen LogP contribution >= 0.6 is 11.6 Å². The van der Waals surface area contributed by atoms with E-state index < -0.39 is 0 Å². The van der Waals surface area contributed by atoms with Gasteiger partial charge in [-0.2, -0.15) is 0 Å². The zero-order valence-electron chi connectivity index (χ0n) is 11.4. The molecule has 6 heteroatoms. The maximum atomic E-state index is 13.3. The van der Waals surface area contributed by atoms with Gasteiger partial charge < -0.3 is 10.6 Å². The van der Waals surface area contributed by atoms with Crippen molar-refractivity contribution in [1.82, 2.24) is 9.97 Å². The number of nitrogens with one attached hydrogen (secondary N) is 2. The second-order valence-electron chi connectivity index (χ2n) is 4.22. The molecule has 1 aromatic heterocycles. The molecule has 0 saturated heterocycles. The maximum absolute atomic E-state index is 13.3. The molecule has 20 heavy (non-hydrogen) atoms. The Morgan fingerprint density at radius 1 is 1.15 bits per heavy atom. The summed E-state index contributed by atoms with van der Waals surface area (Å²) in [5.41, 5.74) is 1.51. The summed E-state index contributed by atoms with van der Waals surface area (Å²) in [5, 5.41) is 6.61. The summed E-state index contributed by atoms with van der Waals surface area (Å²) in [7, 11) is 0. The van der Waals surface area contributed by atoms with Crippen LogP contribution in [0.5, 0.6) is 0 Å². The molecule has 0 saturated carbocycles. The van der Waals surface area contributed by atoms with E-state index in [0.717, 1.165) is 24.3 Å². The Labute approximate surface area is 122 Å². The summed E-state index contributed by atoms with van der Waals surface area (Å²) < 4.78 is 13.3. The molecule has 0 aliphatic carbocycles. The molecule has 0 unspecified atom stereocenters. The first-order valence-electron chi connectivity index (χ1n) is 6.44. The first-order chi connectivity index (χ1) is 9.63. The second-order valence-corrected chi connectivity index (χ2v) is 4.65. The second kappa shape index (κ2) is 6.52. The molecule has 0 amide bonds. The Morgan fingerprint density at radius 2 is 1.90 bits per heavy atom. The summed E-state index contributed by atoms with van der Waals surface area (Å²) in [6.45, 7) is 4.79. The standard InChI is InChI=1S/C14H16ClFN4/c1-3-12-13(17-4-2)18-8-19-14(12)20-11-6-9(15)5-10(16)7-11/h5-8H,3-4H2,1-2H3,(H2,17,18,19,20). The molecule has 106 valence electrons. The van der Waals surface area contributed by atoms with Crippen molar-refractivity contribution in [2.24, 2.45) is 0 Å². The van der Waals surface area contributed by atoms with Crippen LogP contribution in [0.2, 0.25) is 5.02 Å². The number of hydrogen-bond donors (Lipinski definition) is 2. The van der Waals surface area contributed by atoms with E-state index in [9.17, 15) is 4.39 Å². The van der Waals surface area contributed by atoms with E-state index in [1.807, 2.05) is 13.8 Å². The zero-order chi connectivity index (χ0) is 14.5. The number of aromatic nitrogens is 2. The van der Waals surface area contributed by atoms with Gasteiger partial charge in [0.05, 0.1) is 0 Å². The smallest absolute Gasteiger partial charge is 0.139 e. The van der Waals surface area contributed by atoms with Crippen LogP contribution < -0.4 is 10.6 Å². The maximum Gasteiger partial charge on any atom is 0.139 e. The molecule has 4 nitrogen and oxygen atoms in total. The molecule has 0 radical (unpaired) electrons. The monoisotopic (exact) mass is 294 g/mol. The molecular formula is C14H16ClFN4. The average molecular weight is 295 g/mol. The van der Waals surface area contributed by atoms with Crippen LogP contribution in [-0.4, -0.2) is 16.5 Å². The lowest BCUT2D eigenvalue weighted by atomic mass is 10.2. The fourth-order valence-electron chi connectivity index (χ4n) is 1.94. The number of halogens is 2. The van der Waals surface area contributed by atoms with Crippen molar-refractivity contribution in [3.63, 3.8) is 0 Å². The van der Waals surface area contributed by atoms with Crippen molar-refractivity contribution in [2.45, 2.75) is 20.3 Å². The lowest BCUT2D eigenvalue weighted by molar-refractivity contribution is 0.628. The van der Waals surface area contributed by atoms with Gasteiger partial charge in [-0.1, -0.05) is 18.5 Å². The van der Waals surface area contributed by atoms with Gasteiger partial charge in [0.1, 0.15) is 23.8 Å². The van der Waals surface area contributed by atoms with Crippen molar-refractivity contribution in [1.29, 1.82) is 0 Å². The summed E-state index contributed by atoms with van der Waals surface area (Å²) in [6, 6.07) is 4.29. The highest BCUT2D eigenvalue weighted by atomic mass is 35.5. The van der Waals surface area contributed by atoms with Gasteiger partial charge in [-0.3, -0.25) is 0 Å². The van der Waals surface area contributed by atoms with E-state index in [-0.39, 0.29) is 5.82 Å². The van der Waals surface area contributed by atoms with Gasteiger partial charge in [-0.25, -0.2) is 14.4 Å². The lowest BCUT2D eigenvalue weighted by Gasteiger charge is -2.14. The molecule has 0 bridgehead atoms. The van der Waals surface area contributed by atoms with Crippen molar-refractivity contribution in [2.75, 3.05) is 17.2 Å². The fraction of sp³-hybridized carbons (Fsp3) is 0.286. The molecule has 0 fully saturated rings. The minimum Gasteiger partial charge on any atom is -0.370 e. The third-order valence-electron chi connectivity index (χ3n) is 2.77. The van der Waals surface area contributed by atoms with Gasteiger partial charge in [-0.05, 0) is 31.5 Å². The number of benzene rings is 1. The van der Waals surface area contributed by atoms with E-state index in [0.29, 0.717) is 16.5 Å². The quantitative estimate of drug-likeness (QED) is 0.875. The van der Waals surface area contributed by atoms with Crippen LogP contribution in [0.4, 0.5) is 21.7 Å². The number of hydrogen-bond acceptors (Lipinski definition) is 4. The van der Waals surface area contributed by atoms with Crippen LogP contribution in [0.15, 0.2) is 24.5 Å². The van der Waals surface area contributed by atoms with Crippen LogP contribution in [0.1, 0.15) is 19.4 Å². The Bertz CT molecular complexity index is 583. The highest BCUT2D eigenvalue weighted by Gasteiger charge is 2.10.